The van der Waals surface area contributed by atoms with Gasteiger partial charge in [-0.05, 0) is 13.8 Å². The Morgan fingerprint density at radius 2 is 2.08 bits per heavy atom. The van der Waals surface area contributed by atoms with E-state index in [9.17, 15) is 0 Å². The maximum absolute atomic E-state index is 5.18. The number of aromatic nitrogens is 3. The van der Waals surface area contributed by atoms with Crippen LogP contribution in [0.5, 0.6) is 0 Å². The van der Waals surface area contributed by atoms with Crippen LogP contribution >= 0.6 is 0 Å². The molecule has 1 aromatic rings. The Kier molecular flexibility index (Phi) is 3.39. The minimum absolute atomic E-state index is 0.386. The maximum atomic E-state index is 5.18. The number of anilines is 2. The van der Waals surface area contributed by atoms with E-state index in [0.29, 0.717) is 11.9 Å². The Hall–Kier alpha value is -1.43. The molecule has 0 unspecified atom stereocenters. The minimum atomic E-state index is 0.386. The van der Waals surface area contributed by atoms with E-state index in [0.717, 1.165) is 13.1 Å². The van der Waals surface area contributed by atoms with Gasteiger partial charge in [0.1, 0.15) is 6.33 Å². The largest absolute Gasteiger partial charge is 0.341 e. The first kappa shape index (κ1) is 9.66. The van der Waals surface area contributed by atoms with E-state index < -0.39 is 0 Å². The summed E-state index contributed by atoms with van der Waals surface area (Å²) in [5, 5.41) is 0. The second-order valence-electron chi connectivity index (χ2n) is 2.43. The standard InChI is InChI=1S/C7H14N6/c1-3-13(4-2)7-10-5-9-6(11-7)12-8/h5H,3-4,8H2,1-2H3,(H,9,10,11,12). The van der Waals surface area contributed by atoms with Gasteiger partial charge in [-0.2, -0.15) is 4.98 Å². The molecule has 0 aromatic carbocycles. The first-order chi connectivity index (χ1) is 6.31. The van der Waals surface area contributed by atoms with Gasteiger partial charge in [0.25, 0.3) is 0 Å². The van der Waals surface area contributed by atoms with Crippen molar-refractivity contribution in [2.75, 3.05) is 23.4 Å². The quantitative estimate of drug-likeness (QED) is 0.504. The van der Waals surface area contributed by atoms with Crippen molar-refractivity contribution in [3.8, 4) is 0 Å². The van der Waals surface area contributed by atoms with Crippen LogP contribution in [-0.2, 0) is 0 Å². The lowest BCUT2D eigenvalue weighted by molar-refractivity contribution is 0.812. The first-order valence-corrected chi connectivity index (χ1v) is 4.22. The van der Waals surface area contributed by atoms with Crippen LogP contribution in [-0.4, -0.2) is 28.0 Å². The summed E-state index contributed by atoms with van der Waals surface area (Å²) in [6.07, 6.45) is 1.44. The molecule has 0 amide bonds. The highest BCUT2D eigenvalue weighted by Crippen LogP contribution is 2.06. The van der Waals surface area contributed by atoms with Crippen LogP contribution in [0.15, 0.2) is 6.33 Å². The van der Waals surface area contributed by atoms with Crippen molar-refractivity contribution in [1.29, 1.82) is 0 Å². The molecule has 0 aliphatic heterocycles. The van der Waals surface area contributed by atoms with E-state index in [1.165, 1.54) is 6.33 Å². The zero-order valence-electron chi connectivity index (χ0n) is 7.86. The molecule has 0 atom stereocenters. The van der Waals surface area contributed by atoms with Gasteiger partial charge in [-0.15, -0.1) is 0 Å². The molecule has 1 rings (SSSR count). The molecule has 0 radical (unpaired) electrons. The van der Waals surface area contributed by atoms with Gasteiger partial charge in [0.2, 0.25) is 11.9 Å². The molecule has 1 heterocycles. The smallest absolute Gasteiger partial charge is 0.241 e. The van der Waals surface area contributed by atoms with Gasteiger partial charge in [-0.1, -0.05) is 0 Å². The molecular weight excluding hydrogens is 168 g/mol. The van der Waals surface area contributed by atoms with Crippen molar-refractivity contribution in [2.45, 2.75) is 13.8 Å². The van der Waals surface area contributed by atoms with Gasteiger partial charge >= 0.3 is 0 Å². The van der Waals surface area contributed by atoms with Crippen molar-refractivity contribution < 1.29 is 0 Å². The zero-order chi connectivity index (χ0) is 9.68. The van der Waals surface area contributed by atoms with Gasteiger partial charge in [0, 0.05) is 13.1 Å². The molecular formula is C7H14N6. The fourth-order valence-corrected chi connectivity index (χ4v) is 1.02. The summed E-state index contributed by atoms with van der Waals surface area (Å²) in [7, 11) is 0. The molecule has 3 N–H and O–H groups in total. The molecule has 0 spiro atoms. The van der Waals surface area contributed by atoms with Gasteiger partial charge in [0.05, 0.1) is 0 Å². The lowest BCUT2D eigenvalue weighted by Crippen LogP contribution is -2.25. The molecule has 13 heavy (non-hydrogen) atoms. The fraction of sp³-hybridized carbons (Fsp3) is 0.571. The lowest BCUT2D eigenvalue weighted by Gasteiger charge is -2.17. The fourth-order valence-electron chi connectivity index (χ4n) is 1.02. The van der Waals surface area contributed by atoms with Crippen molar-refractivity contribution in [2.24, 2.45) is 5.84 Å². The third-order valence-corrected chi connectivity index (χ3v) is 1.73. The molecule has 0 bridgehead atoms. The highest BCUT2D eigenvalue weighted by molar-refractivity contribution is 5.34. The summed E-state index contributed by atoms with van der Waals surface area (Å²) in [6.45, 7) is 5.82. The Balaban J connectivity index is 2.86. The van der Waals surface area contributed by atoms with Gasteiger partial charge < -0.3 is 4.90 Å². The number of nitrogen functional groups attached to an aromatic ring is 1. The van der Waals surface area contributed by atoms with Gasteiger partial charge in [-0.25, -0.2) is 15.8 Å². The Labute approximate surface area is 77.2 Å². The van der Waals surface area contributed by atoms with E-state index >= 15 is 0 Å². The van der Waals surface area contributed by atoms with Crippen LogP contribution in [0.2, 0.25) is 0 Å². The summed E-state index contributed by atoms with van der Waals surface area (Å²) < 4.78 is 0. The molecule has 0 aliphatic rings. The van der Waals surface area contributed by atoms with E-state index in [-0.39, 0.29) is 0 Å². The zero-order valence-corrected chi connectivity index (χ0v) is 7.86. The van der Waals surface area contributed by atoms with Crippen molar-refractivity contribution >= 4 is 11.9 Å². The number of nitrogens with one attached hydrogen (secondary N) is 1. The van der Waals surface area contributed by atoms with E-state index in [1.54, 1.807) is 0 Å². The third-order valence-electron chi connectivity index (χ3n) is 1.73. The second-order valence-corrected chi connectivity index (χ2v) is 2.43. The summed E-state index contributed by atoms with van der Waals surface area (Å²) >= 11 is 0. The molecule has 6 heteroatoms. The van der Waals surface area contributed by atoms with Crippen LogP contribution in [0.3, 0.4) is 0 Å². The predicted octanol–water partition coefficient (Wildman–Crippen LogP) is 0.00340. The van der Waals surface area contributed by atoms with Crippen LogP contribution in [0.4, 0.5) is 11.9 Å². The topological polar surface area (TPSA) is 80.0 Å². The molecule has 72 valence electrons. The summed E-state index contributed by atoms with van der Waals surface area (Å²) in [5.74, 6) is 6.21. The molecule has 0 saturated carbocycles. The highest BCUT2D eigenvalue weighted by atomic mass is 15.3. The molecule has 6 nitrogen and oxygen atoms in total. The van der Waals surface area contributed by atoms with E-state index in [4.69, 9.17) is 5.84 Å². The molecule has 0 saturated heterocycles. The monoisotopic (exact) mass is 182 g/mol. The summed E-state index contributed by atoms with van der Waals surface area (Å²) in [6, 6.07) is 0. The Morgan fingerprint density at radius 1 is 1.38 bits per heavy atom. The third kappa shape index (κ3) is 2.25. The average Bonchev–Trinajstić information content (AvgIpc) is 2.20. The lowest BCUT2D eigenvalue weighted by atomic mass is 10.5. The number of nitrogens with two attached hydrogens (primary N) is 1. The van der Waals surface area contributed by atoms with Gasteiger partial charge in [0.15, 0.2) is 0 Å². The Morgan fingerprint density at radius 3 is 2.62 bits per heavy atom. The normalized spacial score (nSPS) is 9.77. The number of nitrogens with zero attached hydrogens (tertiary/aromatic N) is 4. The molecule has 1 aromatic heterocycles. The minimum Gasteiger partial charge on any atom is -0.341 e. The molecule has 0 aliphatic carbocycles. The van der Waals surface area contributed by atoms with Crippen molar-refractivity contribution in [1.82, 2.24) is 15.0 Å². The number of hydrazine groups is 1. The Bertz CT molecular complexity index is 259. The predicted molar refractivity (Wildman–Crippen MR) is 51.2 cm³/mol. The van der Waals surface area contributed by atoms with Crippen LogP contribution < -0.4 is 16.2 Å². The second kappa shape index (κ2) is 4.56. The molecule has 0 fully saturated rings. The maximum Gasteiger partial charge on any atom is 0.241 e. The van der Waals surface area contributed by atoms with Crippen molar-refractivity contribution in [3.63, 3.8) is 0 Å². The first-order valence-electron chi connectivity index (χ1n) is 4.22. The SMILES string of the molecule is CCN(CC)c1ncnc(NN)n1. The number of rotatable bonds is 4. The van der Waals surface area contributed by atoms with Crippen LogP contribution in [0.25, 0.3) is 0 Å². The number of hydrogen-bond acceptors (Lipinski definition) is 6. The van der Waals surface area contributed by atoms with Crippen LogP contribution in [0.1, 0.15) is 13.8 Å². The summed E-state index contributed by atoms with van der Waals surface area (Å²) in [5.41, 5.74) is 2.38. The van der Waals surface area contributed by atoms with Crippen molar-refractivity contribution in [3.05, 3.63) is 6.33 Å². The summed E-state index contributed by atoms with van der Waals surface area (Å²) in [4.78, 5) is 14.0. The average molecular weight is 182 g/mol. The highest BCUT2D eigenvalue weighted by Gasteiger charge is 2.05. The number of hydrogen-bond donors (Lipinski definition) is 2. The van der Waals surface area contributed by atoms with Crippen LogP contribution in [0, 0.1) is 0 Å². The van der Waals surface area contributed by atoms with E-state index in [2.05, 4.69) is 20.4 Å². The van der Waals surface area contributed by atoms with E-state index in [1.807, 2.05) is 18.7 Å². The van der Waals surface area contributed by atoms with Gasteiger partial charge in [-0.3, -0.25) is 5.43 Å².